The van der Waals surface area contributed by atoms with E-state index in [1.54, 1.807) is 20.8 Å². The van der Waals surface area contributed by atoms with Gasteiger partial charge in [-0.2, -0.15) is 0 Å². The third-order valence-corrected chi connectivity index (χ3v) is 3.94. The zero-order chi connectivity index (χ0) is 18.0. The van der Waals surface area contributed by atoms with Crippen molar-refractivity contribution in [2.45, 2.75) is 26.9 Å². The SMILES string of the molecule is COC(=O)c1c(C)[nH]c(C(=O)[C@@H](C)Oc2ccc(F)c(Cl)c2)c1C. The standard InChI is InChI=1S/C17H17ClFNO4/c1-8-14(17(22)23-4)9(2)20-15(8)16(21)10(3)24-11-5-6-13(19)12(18)7-11/h5-7,10,20H,1-4H3/t10-/m1/s1. The van der Waals surface area contributed by atoms with Crippen molar-refractivity contribution in [2.75, 3.05) is 7.11 Å². The van der Waals surface area contributed by atoms with E-state index in [0.717, 1.165) is 6.07 Å². The molecule has 0 aliphatic rings. The Morgan fingerprint density at radius 3 is 2.54 bits per heavy atom. The zero-order valence-electron chi connectivity index (χ0n) is 13.7. The first-order chi connectivity index (χ1) is 11.3. The fraction of sp³-hybridized carbons (Fsp3) is 0.294. The maximum absolute atomic E-state index is 13.2. The second kappa shape index (κ2) is 7.05. The quantitative estimate of drug-likeness (QED) is 0.654. The molecule has 1 aromatic carbocycles. The normalized spacial score (nSPS) is 11.9. The van der Waals surface area contributed by atoms with E-state index in [0.29, 0.717) is 16.8 Å². The second-order valence-electron chi connectivity index (χ2n) is 5.32. The van der Waals surface area contributed by atoms with E-state index >= 15 is 0 Å². The summed E-state index contributed by atoms with van der Waals surface area (Å²) in [5.41, 5.74) is 1.64. The minimum atomic E-state index is -0.853. The van der Waals surface area contributed by atoms with Gasteiger partial charge in [-0.25, -0.2) is 9.18 Å². The number of benzene rings is 1. The summed E-state index contributed by atoms with van der Waals surface area (Å²) in [6, 6.07) is 3.85. The molecule has 24 heavy (non-hydrogen) atoms. The van der Waals surface area contributed by atoms with Gasteiger partial charge in [0, 0.05) is 11.8 Å². The van der Waals surface area contributed by atoms with Crippen molar-refractivity contribution in [2.24, 2.45) is 0 Å². The van der Waals surface area contributed by atoms with Gasteiger partial charge in [0.15, 0.2) is 6.10 Å². The average molecular weight is 354 g/mol. The molecular weight excluding hydrogens is 337 g/mol. The molecule has 0 radical (unpaired) electrons. The van der Waals surface area contributed by atoms with E-state index < -0.39 is 17.9 Å². The Kier molecular flexibility index (Phi) is 5.29. The monoisotopic (exact) mass is 353 g/mol. The van der Waals surface area contributed by atoms with Crippen LogP contribution in [0.25, 0.3) is 0 Å². The molecule has 5 nitrogen and oxygen atoms in total. The number of carbonyl (C=O) groups is 2. The number of hydrogen-bond acceptors (Lipinski definition) is 4. The topological polar surface area (TPSA) is 68.4 Å². The number of esters is 1. The Hall–Kier alpha value is -2.34. The maximum Gasteiger partial charge on any atom is 0.339 e. The van der Waals surface area contributed by atoms with Crippen molar-refractivity contribution >= 4 is 23.4 Å². The number of Topliss-reactive ketones (excluding diaryl/α,β-unsaturated/α-hetero) is 1. The number of hydrogen-bond donors (Lipinski definition) is 1. The van der Waals surface area contributed by atoms with Gasteiger partial charge in [-0.05, 0) is 38.5 Å². The van der Waals surface area contributed by atoms with Gasteiger partial charge >= 0.3 is 5.97 Å². The van der Waals surface area contributed by atoms with Crippen molar-refractivity contribution in [3.8, 4) is 5.75 Å². The van der Waals surface area contributed by atoms with Gasteiger partial charge in [0.1, 0.15) is 11.6 Å². The fourth-order valence-electron chi connectivity index (χ4n) is 2.42. The predicted octanol–water partition coefficient (Wildman–Crippen LogP) is 3.86. The van der Waals surface area contributed by atoms with Crippen molar-refractivity contribution in [3.05, 3.63) is 51.6 Å². The van der Waals surface area contributed by atoms with Crippen LogP contribution in [0.1, 0.15) is 39.0 Å². The lowest BCUT2D eigenvalue weighted by Crippen LogP contribution is -2.25. The number of rotatable bonds is 5. The van der Waals surface area contributed by atoms with Crippen LogP contribution in [-0.4, -0.2) is 30.0 Å². The Morgan fingerprint density at radius 1 is 1.29 bits per heavy atom. The van der Waals surface area contributed by atoms with Crippen LogP contribution in [0.15, 0.2) is 18.2 Å². The van der Waals surface area contributed by atoms with Crippen LogP contribution in [0.3, 0.4) is 0 Å². The summed E-state index contributed by atoms with van der Waals surface area (Å²) in [7, 11) is 1.28. The van der Waals surface area contributed by atoms with Crippen LogP contribution in [0.2, 0.25) is 5.02 Å². The zero-order valence-corrected chi connectivity index (χ0v) is 14.5. The summed E-state index contributed by atoms with van der Waals surface area (Å²) in [6.45, 7) is 4.90. The van der Waals surface area contributed by atoms with Gasteiger partial charge in [0.2, 0.25) is 5.78 Å². The summed E-state index contributed by atoms with van der Waals surface area (Å²) in [4.78, 5) is 27.3. The summed E-state index contributed by atoms with van der Waals surface area (Å²) in [5.74, 6) is -1.15. The highest BCUT2D eigenvalue weighted by Gasteiger charge is 2.26. The summed E-state index contributed by atoms with van der Waals surface area (Å²) in [6.07, 6.45) is -0.853. The number of carbonyl (C=O) groups excluding carboxylic acids is 2. The molecule has 7 heteroatoms. The van der Waals surface area contributed by atoms with Gasteiger partial charge in [0.05, 0.1) is 23.4 Å². The van der Waals surface area contributed by atoms with E-state index in [2.05, 4.69) is 4.98 Å². The molecule has 0 fully saturated rings. The lowest BCUT2D eigenvalue weighted by molar-refractivity contribution is 0.0599. The molecule has 0 aliphatic heterocycles. The summed E-state index contributed by atoms with van der Waals surface area (Å²) in [5, 5.41) is -0.0907. The number of methoxy groups -OCH3 is 1. The number of ketones is 1. The number of aromatic nitrogens is 1. The molecule has 1 N–H and O–H groups in total. The first-order valence-electron chi connectivity index (χ1n) is 7.19. The minimum absolute atomic E-state index is 0.0907. The summed E-state index contributed by atoms with van der Waals surface area (Å²) >= 11 is 5.70. The van der Waals surface area contributed by atoms with Crippen molar-refractivity contribution < 1.29 is 23.5 Å². The molecule has 0 bridgehead atoms. The van der Waals surface area contributed by atoms with Gasteiger partial charge in [0.25, 0.3) is 0 Å². The highest BCUT2D eigenvalue weighted by molar-refractivity contribution is 6.30. The number of ether oxygens (including phenoxy) is 2. The van der Waals surface area contributed by atoms with Crippen LogP contribution in [-0.2, 0) is 4.74 Å². The van der Waals surface area contributed by atoms with Crippen LogP contribution in [0.4, 0.5) is 4.39 Å². The second-order valence-corrected chi connectivity index (χ2v) is 5.72. The van der Waals surface area contributed by atoms with Crippen molar-refractivity contribution in [1.29, 1.82) is 0 Å². The van der Waals surface area contributed by atoms with Crippen molar-refractivity contribution in [3.63, 3.8) is 0 Å². The van der Waals surface area contributed by atoms with Crippen molar-refractivity contribution in [1.82, 2.24) is 4.98 Å². The van der Waals surface area contributed by atoms with E-state index in [1.807, 2.05) is 0 Å². The maximum atomic E-state index is 13.2. The number of H-pyrrole nitrogens is 1. The first-order valence-corrected chi connectivity index (χ1v) is 7.57. The Balaban J connectivity index is 2.25. The number of aromatic amines is 1. The first kappa shape index (κ1) is 18.0. The number of nitrogens with one attached hydrogen (secondary N) is 1. The average Bonchev–Trinajstić information content (AvgIpc) is 2.84. The molecule has 128 valence electrons. The molecule has 1 atom stereocenters. The lowest BCUT2D eigenvalue weighted by atomic mass is 10.1. The highest BCUT2D eigenvalue weighted by Crippen LogP contribution is 2.24. The number of halogens is 2. The molecule has 0 saturated heterocycles. The molecule has 0 amide bonds. The third-order valence-electron chi connectivity index (χ3n) is 3.65. The molecule has 1 heterocycles. The molecule has 0 unspecified atom stereocenters. The van der Waals surface area contributed by atoms with Crippen LogP contribution < -0.4 is 4.74 Å². The van der Waals surface area contributed by atoms with Crippen LogP contribution in [0, 0.1) is 19.7 Å². The van der Waals surface area contributed by atoms with E-state index in [1.165, 1.54) is 19.2 Å². The Bertz CT molecular complexity index is 800. The molecular formula is C17H17ClFNO4. The molecule has 2 rings (SSSR count). The molecule has 0 aliphatic carbocycles. The molecule has 0 spiro atoms. The molecule has 0 saturated carbocycles. The Morgan fingerprint density at radius 2 is 1.96 bits per heavy atom. The number of aryl methyl sites for hydroxylation is 1. The largest absolute Gasteiger partial charge is 0.482 e. The van der Waals surface area contributed by atoms with E-state index in [4.69, 9.17) is 21.1 Å². The predicted molar refractivity (Wildman–Crippen MR) is 87.4 cm³/mol. The molecule has 2 aromatic rings. The fourth-order valence-corrected chi connectivity index (χ4v) is 2.59. The van der Waals surface area contributed by atoms with E-state index in [-0.39, 0.29) is 22.2 Å². The van der Waals surface area contributed by atoms with Gasteiger partial charge < -0.3 is 14.5 Å². The minimum Gasteiger partial charge on any atom is -0.482 e. The van der Waals surface area contributed by atoms with E-state index in [9.17, 15) is 14.0 Å². The smallest absolute Gasteiger partial charge is 0.339 e. The van der Waals surface area contributed by atoms with Gasteiger partial charge in [-0.3, -0.25) is 4.79 Å². The summed E-state index contributed by atoms with van der Waals surface area (Å²) < 4.78 is 23.4. The Labute approximate surface area is 143 Å². The van der Waals surface area contributed by atoms with Gasteiger partial charge in [-0.15, -0.1) is 0 Å². The highest BCUT2D eigenvalue weighted by atomic mass is 35.5. The lowest BCUT2D eigenvalue weighted by Gasteiger charge is -2.14. The third kappa shape index (κ3) is 3.43. The van der Waals surface area contributed by atoms with Gasteiger partial charge in [-0.1, -0.05) is 11.6 Å². The van der Waals surface area contributed by atoms with Crippen LogP contribution in [0.5, 0.6) is 5.75 Å². The molecule has 1 aromatic heterocycles. The van der Waals surface area contributed by atoms with Crippen LogP contribution >= 0.6 is 11.6 Å².